The molecule has 5 heteroatoms. The van der Waals surface area contributed by atoms with Gasteiger partial charge in [-0.1, -0.05) is 36.4 Å². The predicted molar refractivity (Wildman–Crippen MR) is 109 cm³/mol. The van der Waals surface area contributed by atoms with Crippen LogP contribution in [0.5, 0.6) is 0 Å². The number of benzene rings is 2. The van der Waals surface area contributed by atoms with E-state index in [4.69, 9.17) is 0 Å². The van der Waals surface area contributed by atoms with Crippen LogP contribution in [0, 0.1) is 11.6 Å². The minimum atomic E-state index is -0.864. The Labute approximate surface area is 165 Å². The van der Waals surface area contributed by atoms with Gasteiger partial charge < -0.3 is 0 Å². The zero-order chi connectivity index (χ0) is 19.8. The van der Waals surface area contributed by atoms with Crippen molar-refractivity contribution in [2.24, 2.45) is 0 Å². The molecule has 0 atom stereocenters. The summed E-state index contributed by atoms with van der Waals surface area (Å²) in [6, 6.07) is 21.6. The van der Waals surface area contributed by atoms with E-state index in [1.165, 1.54) is 6.07 Å². The van der Waals surface area contributed by atoms with Crippen molar-refractivity contribution in [1.29, 1.82) is 0 Å². The molecule has 3 nitrogen and oxygen atoms in total. The maximum absolute atomic E-state index is 13.6. The molecular formula is C24H15F2N3. The summed E-state index contributed by atoms with van der Waals surface area (Å²) in [6.45, 7) is 0. The number of aromatic nitrogens is 3. The predicted octanol–water partition coefficient (Wildman–Crippen LogP) is 6.01. The SMILES string of the molecule is Fc1ccc(-c2ccn3c(-c4ccnc(-c5ccccc5)c4)cnc3c2)cc1F. The summed E-state index contributed by atoms with van der Waals surface area (Å²) in [7, 11) is 0. The molecule has 0 bridgehead atoms. The minimum Gasteiger partial charge on any atom is -0.300 e. The number of fused-ring (bicyclic) bond motifs is 1. The molecule has 5 rings (SSSR count). The first kappa shape index (κ1) is 17.3. The van der Waals surface area contributed by atoms with Gasteiger partial charge in [0, 0.05) is 23.5 Å². The average molecular weight is 383 g/mol. The van der Waals surface area contributed by atoms with E-state index < -0.39 is 11.6 Å². The van der Waals surface area contributed by atoms with Gasteiger partial charge >= 0.3 is 0 Å². The summed E-state index contributed by atoms with van der Waals surface area (Å²) in [5.41, 5.74) is 5.95. The Balaban J connectivity index is 1.56. The molecule has 0 amide bonds. The number of imidazole rings is 1. The zero-order valence-corrected chi connectivity index (χ0v) is 15.3. The monoisotopic (exact) mass is 383 g/mol. The van der Waals surface area contributed by atoms with Crippen LogP contribution >= 0.6 is 0 Å². The fourth-order valence-electron chi connectivity index (χ4n) is 3.41. The Bertz CT molecular complexity index is 1330. The highest BCUT2D eigenvalue weighted by atomic mass is 19.2. The number of hydrogen-bond donors (Lipinski definition) is 0. The first-order chi connectivity index (χ1) is 14.2. The highest BCUT2D eigenvalue weighted by molar-refractivity contribution is 5.73. The van der Waals surface area contributed by atoms with Gasteiger partial charge in [0.1, 0.15) is 5.65 Å². The molecular weight excluding hydrogens is 368 g/mol. The summed E-state index contributed by atoms with van der Waals surface area (Å²) in [6.07, 6.45) is 5.47. The first-order valence-electron chi connectivity index (χ1n) is 9.13. The largest absolute Gasteiger partial charge is 0.300 e. The van der Waals surface area contributed by atoms with Crippen molar-refractivity contribution < 1.29 is 8.78 Å². The molecule has 0 fully saturated rings. The minimum absolute atomic E-state index is 0.603. The second-order valence-corrected chi connectivity index (χ2v) is 6.71. The van der Waals surface area contributed by atoms with Gasteiger partial charge in [-0.15, -0.1) is 0 Å². The average Bonchev–Trinajstić information content (AvgIpc) is 3.20. The van der Waals surface area contributed by atoms with E-state index in [9.17, 15) is 8.78 Å². The second kappa shape index (κ2) is 6.95. The summed E-state index contributed by atoms with van der Waals surface area (Å²) in [4.78, 5) is 8.97. The number of rotatable bonds is 3. The lowest BCUT2D eigenvalue weighted by Crippen LogP contribution is -1.91. The van der Waals surface area contributed by atoms with Crippen LogP contribution in [-0.2, 0) is 0 Å². The molecule has 0 saturated carbocycles. The van der Waals surface area contributed by atoms with Gasteiger partial charge in [-0.25, -0.2) is 13.8 Å². The number of halogens is 2. The molecule has 0 aliphatic rings. The van der Waals surface area contributed by atoms with E-state index in [0.29, 0.717) is 5.56 Å². The van der Waals surface area contributed by atoms with Crippen LogP contribution in [0.15, 0.2) is 91.4 Å². The molecule has 0 radical (unpaired) electrons. The van der Waals surface area contributed by atoms with E-state index in [2.05, 4.69) is 9.97 Å². The van der Waals surface area contributed by atoms with Crippen molar-refractivity contribution in [3.63, 3.8) is 0 Å². The summed E-state index contributed by atoms with van der Waals surface area (Å²) in [5.74, 6) is -1.72. The van der Waals surface area contributed by atoms with Crippen LogP contribution < -0.4 is 0 Å². The van der Waals surface area contributed by atoms with Crippen molar-refractivity contribution in [1.82, 2.24) is 14.4 Å². The second-order valence-electron chi connectivity index (χ2n) is 6.71. The Hall–Kier alpha value is -3.86. The Morgan fingerprint density at radius 2 is 1.48 bits per heavy atom. The van der Waals surface area contributed by atoms with Crippen molar-refractivity contribution >= 4 is 5.65 Å². The maximum atomic E-state index is 13.6. The molecule has 3 aromatic heterocycles. The van der Waals surface area contributed by atoms with Crippen LogP contribution in [0.4, 0.5) is 8.78 Å². The van der Waals surface area contributed by atoms with Crippen molar-refractivity contribution in [3.8, 4) is 33.6 Å². The molecule has 5 aromatic rings. The quantitative estimate of drug-likeness (QED) is 0.382. The zero-order valence-electron chi connectivity index (χ0n) is 15.3. The van der Waals surface area contributed by atoms with Crippen LogP contribution in [0.25, 0.3) is 39.3 Å². The van der Waals surface area contributed by atoms with E-state index >= 15 is 0 Å². The van der Waals surface area contributed by atoms with E-state index in [1.807, 2.05) is 65.2 Å². The lowest BCUT2D eigenvalue weighted by molar-refractivity contribution is 0.509. The molecule has 0 spiro atoms. The Morgan fingerprint density at radius 1 is 0.655 bits per heavy atom. The molecule has 2 aromatic carbocycles. The number of hydrogen-bond acceptors (Lipinski definition) is 2. The lowest BCUT2D eigenvalue weighted by Gasteiger charge is -2.07. The smallest absolute Gasteiger partial charge is 0.159 e. The highest BCUT2D eigenvalue weighted by Crippen LogP contribution is 2.28. The molecule has 0 N–H and O–H groups in total. The van der Waals surface area contributed by atoms with Gasteiger partial charge in [0.15, 0.2) is 11.6 Å². The summed E-state index contributed by atoms with van der Waals surface area (Å²) < 4.78 is 28.8. The number of nitrogens with zero attached hydrogens (tertiary/aromatic N) is 3. The topological polar surface area (TPSA) is 30.2 Å². The Kier molecular flexibility index (Phi) is 4.13. The third-order valence-electron chi connectivity index (χ3n) is 4.89. The van der Waals surface area contributed by atoms with E-state index in [-0.39, 0.29) is 0 Å². The molecule has 140 valence electrons. The van der Waals surface area contributed by atoms with Gasteiger partial charge in [-0.2, -0.15) is 0 Å². The molecule has 0 aliphatic heterocycles. The van der Waals surface area contributed by atoms with Crippen LogP contribution in [0.1, 0.15) is 0 Å². The van der Waals surface area contributed by atoms with E-state index in [0.717, 1.165) is 39.8 Å². The van der Waals surface area contributed by atoms with Gasteiger partial charge in [-0.05, 0) is 47.5 Å². The molecule has 3 heterocycles. The van der Waals surface area contributed by atoms with Gasteiger partial charge in [-0.3, -0.25) is 9.38 Å². The van der Waals surface area contributed by atoms with E-state index in [1.54, 1.807) is 18.5 Å². The Morgan fingerprint density at radius 3 is 2.31 bits per heavy atom. The van der Waals surface area contributed by atoms with Crippen LogP contribution in [-0.4, -0.2) is 14.4 Å². The molecule has 29 heavy (non-hydrogen) atoms. The van der Waals surface area contributed by atoms with Gasteiger partial charge in [0.2, 0.25) is 0 Å². The highest BCUT2D eigenvalue weighted by Gasteiger charge is 2.10. The van der Waals surface area contributed by atoms with Crippen LogP contribution in [0.3, 0.4) is 0 Å². The van der Waals surface area contributed by atoms with Gasteiger partial charge in [0.05, 0.1) is 17.6 Å². The lowest BCUT2D eigenvalue weighted by atomic mass is 10.1. The molecule has 0 unspecified atom stereocenters. The normalized spacial score (nSPS) is 11.1. The van der Waals surface area contributed by atoms with Crippen LogP contribution in [0.2, 0.25) is 0 Å². The first-order valence-corrected chi connectivity index (χ1v) is 9.13. The van der Waals surface area contributed by atoms with Gasteiger partial charge in [0.25, 0.3) is 0 Å². The van der Waals surface area contributed by atoms with Crippen molar-refractivity contribution in [2.45, 2.75) is 0 Å². The third-order valence-corrected chi connectivity index (χ3v) is 4.89. The third kappa shape index (κ3) is 3.17. The van der Waals surface area contributed by atoms with Crippen molar-refractivity contribution in [3.05, 3.63) is 103 Å². The standard InChI is InChI=1S/C24H15F2N3/c25-20-7-6-17(12-21(20)26)18-9-11-29-23(15-28-24(29)14-18)19-8-10-27-22(13-19)16-4-2-1-3-5-16/h1-15H. The number of pyridine rings is 2. The fraction of sp³-hybridized carbons (Fsp3) is 0. The maximum Gasteiger partial charge on any atom is 0.159 e. The summed E-state index contributed by atoms with van der Waals surface area (Å²) >= 11 is 0. The summed E-state index contributed by atoms with van der Waals surface area (Å²) in [5, 5.41) is 0. The fourth-order valence-corrected chi connectivity index (χ4v) is 3.41. The molecule has 0 aliphatic carbocycles. The van der Waals surface area contributed by atoms with Crippen molar-refractivity contribution in [2.75, 3.05) is 0 Å². The molecule has 0 saturated heterocycles.